The Morgan fingerprint density at radius 2 is 2.35 bits per heavy atom. The molecule has 0 aromatic carbocycles. The number of hydrogen-bond donors (Lipinski definition) is 1. The van der Waals surface area contributed by atoms with Gasteiger partial charge in [-0.3, -0.25) is 4.79 Å². The van der Waals surface area contributed by atoms with Crippen LogP contribution < -0.4 is 5.32 Å². The number of likely N-dealkylation sites (N-methyl/N-ethyl adjacent to an activating group) is 1. The van der Waals surface area contributed by atoms with Gasteiger partial charge < -0.3 is 14.6 Å². The first-order valence-corrected chi connectivity index (χ1v) is 6.02. The zero-order valence-corrected chi connectivity index (χ0v) is 9.85. The molecule has 1 aliphatic heterocycles. The summed E-state index contributed by atoms with van der Waals surface area (Å²) in [7, 11) is 1.80. The van der Waals surface area contributed by atoms with E-state index in [0.29, 0.717) is 0 Å². The smallest absolute Gasteiger partial charge is 0.248 e. The van der Waals surface area contributed by atoms with E-state index in [9.17, 15) is 4.79 Å². The summed E-state index contributed by atoms with van der Waals surface area (Å²) in [6.45, 7) is 0.776. The maximum Gasteiger partial charge on any atom is 0.248 e. The Labute approximate surface area is 100 Å². The zero-order valence-electron chi connectivity index (χ0n) is 9.85. The van der Waals surface area contributed by atoms with Crippen LogP contribution >= 0.6 is 0 Å². The van der Waals surface area contributed by atoms with Gasteiger partial charge in [0.05, 0.1) is 12.3 Å². The summed E-state index contributed by atoms with van der Waals surface area (Å²) in [6.07, 6.45) is 7.72. The number of nitrogens with one attached hydrogen (secondary N) is 1. The lowest BCUT2D eigenvalue weighted by molar-refractivity contribution is -0.135. The molecule has 0 spiro atoms. The van der Waals surface area contributed by atoms with E-state index in [1.54, 1.807) is 13.3 Å². The monoisotopic (exact) mass is 232 g/mol. The highest BCUT2D eigenvalue weighted by molar-refractivity contribution is 5.84. The number of fused-ring (bicyclic) bond motifs is 1. The first kappa shape index (κ1) is 10.6. The van der Waals surface area contributed by atoms with Crippen LogP contribution in [0.5, 0.6) is 0 Å². The Morgan fingerprint density at radius 3 is 3.00 bits per heavy atom. The van der Waals surface area contributed by atoms with Crippen molar-refractivity contribution in [1.82, 2.24) is 10.2 Å². The molecule has 1 aliphatic carbocycles. The largest absolute Gasteiger partial charge is 0.467 e. The van der Waals surface area contributed by atoms with Crippen LogP contribution in [0.3, 0.4) is 0 Å². The van der Waals surface area contributed by atoms with Gasteiger partial charge in [0, 0.05) is 6.54 Å². The standard InChI is InChI=1S/C13H16N2O2/c1-14-11-12-9(6-8-17-12)5-7-15(13(11)16)10-3-2-4-10/h2-3,6,8,10-11,14H,4-5,7H2,1H3. The maximum absolute atomic E-state index is 12.4. The second kappa shape index (κ2) is 4.04. The van der Waals surface area contributed by atoms with Gasteiger partial charge in [-0.15, -0.1) is 0 Å². The first-order valence-electron chi connectivity index (χ1n) is 6.02. The molecule has 0 bridgehead atoms. The van der Waals surface area contributed by atoms with Crippen molar-refractivity contribution in [1.29, 1.82) is 0 Å². The summed E-state index contributed by atoms with van der Waals surface area (Å²) in [5, 5.41) is 3.06. The predicted molar refractivity (Wildman–Crippen MR) is 63.5 cm³/mol. The van der Waals surface area contributed by atoms with Crippen molar-refractivity contribution in [3.8, 4) is 0 Å². The number of rotatable bonds is 2. The quantitative estimate of drug-likeness (QED) is 0.781. The third kappa shape index (κ3) is 1.60. The van der Waals surface area contributed by atoms with E-state index in [1.807, 2.05) is 11.0 Å². The summed E-state index contributed by atoms with van der Waals surface area (Å²) >= 11 is 0. The second-order valence-corrected chi connectivity index (χ2v) is 4.54. The van der Waals surface area contributed by atoms with Gasteiger partial charge in [0.1, 0.15) is 11.8 Å². The van der Waals surface area contributed by atoms with Crippen LogP contribution in [0.4, 0.5) is 0 Å². The Balaban J connectivity index is 1.93. The fraction of sp³-hybridized carbons (Fsp3) is 0.462. The molecule has 0 fully saturated rings. The third-order valence-electron chi connectivity index (χ3n) is 3.62. The Morgan fingerprint density at radius 1 is 1.53 bits per heavy atom. The predicted octanol–water partition coefficient (Wildman–Crippen LogP) is 1.25. The summed E-state index contributed by atoms with van der Waals surface area (Å²) in [5.74, 6) is 0.902. The van der Waals surface area contributed by atoms with Crippen LogP contribution in [-0.2, 0) is 11.2 Å². The van der Waals surface area contributed by atoms with Gasteiger partial charge in [0.25, 0.3) is 0 Å². The Kier molecular flexibility index (Phi) is 2.52. The maximum atomic E-state index is 12.4. The van der Waals surface area contributed by atoms with E-state index in [2.05, 4.69) is 17.5 Å². The number of nitrogens with zero attached hydrogens (tertiary/aromatic N) is 1. The molecule has 2 aliphatic rings. The molecular formula is C13H16N2O2. The normalized spacial score (nSPS) is 27.6. The molecule has 17 heavy (non-hydrogen) atoms. The van der Waals surface area contributed by atoms with Crippen LogP contribution in [0.1, 0.15) is 23.8 Å². The van der Waals surface area contributed by atoms with Gasteiger partial charge in [-0.05, 0) is 31.5 Å². The molecular weight excluding hydrogens is 216 g/mol. The highest BCUT2D eigenvalue weighted by Crippen LogP contribution is 2.28. The molecule has 0 radical (unpaired) electrons. The topological polar surface area (TPSA) is 45.5 Å². The van der Waals surface area contributed by atoms with Crippen LogP contribution in [-0.4, -0.2) is 30.4 Å². The van der Waals surface area contributed by atoms with E-state index in [-0.39, 0.29) is 18.0 Å². The average molecular weight is 232 g/mol. The van der Waals surface area contributed by atoms with Gasteiger partial charge in [0.2, 0.25) is 5.91 Å². The fourth-order valence-electron chi connectivity index (χ4n) is 2.51. The Hall–Kier alpha value is -1.55. The number of carbonyl (C=O) groups excluding carboxylic acids is 1. The van der Waals surface area contributed by atoms with Crippen molar-refractivity contribution < 1.29 is 9.21 Å². The highest BCUT2D eigenvalue weighted by atomic mass is 16.3. The molecule has 0 saturated carbocycles. The van der Waals surface area contributed by atoms with E-state index in [0.717, 1.165) is 30.7 Å². The summed E-state index contributed by atoms with van der Waals surface area (Å²) < 4.78 is 5.46. The van der Waals surface area contributed by atoms with Crippen molar-refractivity contribution in [2.45, 2.75) is 24.9 Å². The average Bonchev–Trinajstić information content (AvgIpc) is 2.66. The minimum absolute atomic E-state index is 0.121. The van der Waals surface area contributed by atoms with Crippen LogP contribution in [0.2, 0.25) is 0 Å². The van der Waals surface area contributed by atoms with Crippen molar-refractivity contribution in [3.05, 3.63) is 35.8 Å². The van der Waals surface area contributed by atoms with Gasteiger partial charge in [-0.1, -0.05) is 12.2 Å². The van der Waals surface area contributed by atoms with Crippen LogP contribution in [0, 0.1) is 0 Å². The number of carbonyl (C=O) groups is 1. The molecule has 1 N–H and O–H groups in total. The van der Waals surface area contributed by atoms with E-state index in [1.165, 1.54) is 0 Å². The fourth-order valence-corrected chi connectivity index (χ4v) is 2.51. The second-order valence-electron chi connectivity index (χ2n) is 4.54. The molecule has 1 amide bonds. The van der Waals surface area contributed by atoms with Gasteiger partial charge >= 0.3 is 0 Å². The summed E-state index contributed by atoms with van der Waals surface area (Å²) in [5.41, 5.74) is 1.14. The lowest BCUT2D eigenvalue weighted by Gasteiger charge is -2.33. The lowest BCUT2D eigenvalue weighted by Crippen LogP contribution is -2.46. The number of amides is 1. The molecule has 3 rings (SSSR count). The summed E-state index contributed by atoms with van der Waals surface area (Å²) in [4.78, 5) is 14.4. The molecule has 1 aromatic heterocycles. The van der Waals surface area contributed by atoms with Gasteiger partial charge in [-0.2, -0.15) is 0 Å². The molecule has 2 atom stereocenters. The molecule has 4 nitrogen and oxygen atoms in total. The van der Waals surface area contributed by atoms with E-state index < -0.39 is 0 Å². The first-order chi connectivity index (χ1) is 8.31. The molecule has 2 heterocycles. The van der Waals surface area contributed by atoms with Gasteiger partial charge in [-0.25, -0.2) is 0 Å². The van der Waals surface area contributed by atoms with Crippen molar-refractivity contribution in [2.24, 2.45) is 0 Å². The molecule has 2 unspecified atom stereocenters. The number of furan rings is 1. The van der Waals surface area contributed by atoms with Crippen molar-refractivity contribution >= 4 is 5.91 Å². The Bertz CT molecular complexity index is 464. The van der Waals surface area contributed by atoms with Crippen molar-refractivity contribution in [2.75, 3.05) is 13.6 Å². The molecule has 0 saturated heterocycles. The third-order valence-corrected chi connectivity index (χ3v) is 3.62. The molecule has 4 heteroatoms. The SMILES string of the molecule is CNC1C(=O)N(C2C=CC2)CCc2ccoc21. The van der Waals surface area contributed by atoms with E-state index >= 15 is 0 Å². The van der Waals surface area contributed by atoms with Crippen LogP contribution in [0.25, 0.3) is 0 Å². The zero-order chi connectivity index (χ0) is 11.8. The number of hydrogen-bond acceptors (Lipinski definition) is 3. The minimum Gasteiger partial charge on any atom is -0.467 e. The highest BCUT2D eigenvalue weighted by Gasteiger charge is 2.35. The van der Waals surface area contributed by atoms with E-state index in [4.69, 9.17) is 4.42 Å². The van der Waals surface area contributed by atoms with Gasteiger partial charge in [0.15, 0.2) is 0 Å². The molecule has 1 aromatic rings. The molecule has 90 valence electrons. The van der Waals surface area contributed by atoms with Crippen molar-refractivity contribution in [3.63, 3.8) is 0 Å². The van der Waals surface area contributed by atoms with Crippen LogP contribution in [0.15, 0.2) is 28.9 Å². The summed E-state index contributed by atoms with van der Waals surface area (Å²) in [6, 6.07) is 1.91. The lowest BCUT2D eigenvalue weighted by atomic mass is 10.0. The minimum atomic E-state index is -0.337.